The summed E-state index contributed by atoms with van der Waals surface area (Å²) in [6, 6.07) is 14.9. The Balaban J connectivity index is 0.00000280. The molecule has 1 saturated heterocycles. The van der Waals surface area contributed by atoms with Gasteiger partial charge in [-0.25, -0.2) is 9.98 Å². The molecule has 0 amide bonds. The lowest BCUT2D eigenvalue weighted by molar-refractivity contribution is 0.573. The number of aliphatic imine (C=N–C) groups is 1. The average Bonchev–Trinajstić information content (AvgIpc) is 2.73. The predicted molar refractivity (Wildman–Crippen MR) is 129 cm³/mol. The first-order valence-electron chi connectivity index (χ1n) is 10.1. The van der Waals surface area contributed by atoms with Crippen LogP contribution in [0.1, 0.15) is 50.3 Å². The fraction of sp³-hybridized carbons (Fsp3) is 0.455. The van der Waals surface area contributed by atoms with Crippen molar-refractivity contribution in [3.63, 3.8) is 0 Å². The van der Waals surface area contributed by atoms with Crippen molar-refractivity contribution in [1.29, 1.82) is 0 Å². The van der Waals surface area contributed by atoms with Crippen LogP contribution >= 0.6 is 24.0 Å². The van der Waals surface area contributed by atoms with Gasteiger partial charge in [-0.1, -0.05) is 30.3 Å². The van der Waals surface area contributed by atoms with Crippen LogP contribution in [0.15, 0.2) is 53.7 Å². The van der Waals surface area contributed by atoms with E-state index < -0.39 is 0 Å². The van der Waals surface area contributed by atoms with Crippen LogP contribution in [-0.2, 0) is 6.54 Å². The third-order valence-corrected chi connectivity index (χ3v) is 4.91. The zero-order valence-corrected chi connectivity index (χ0v) is 19.2. The van der Waals surface area contributed by atoms with Crippen molar-refractivity contribution in [3.05, 3.63) is 59.8 Å². The molecule has 5 nitrogen and oxygen atoms in total. The average molecular weight is 493 g/mol. The fourth-order valence-electron chi connectivity index (χ4n) is 3.38. The molecule has 2 heterocycles. The quantitative estimate of drug-likeness (QED) is 0.354. The number of aromatic nitrogens is 1. The van der Waals surface area contributed by atoms with Gasteiger partial charge in [0.25, 0.3) is 0 Å². The molecule has 0 aliphatic carbocycles. The van der Waals surface area contributed by atoms with Gasteiger partial charge in [-0.3, -0.25) is 0 Å². The van der Waals surface area contributed by atoms with Crippen LogP contribution in [-0.4, -0.2) is 30.6 Å². The van der Waals surface area contributed by atoms with Crippen molar-refractivity contribution in [2.75, 3.05) is 24.5 Å². The molecule has 1 atom stereocenters. The number of hydrogen-bond acceptors (Lipinski definition) is 3. The lowest BCUT2D eigenvalue weighted by Gasteiger charge is -2.27. The second-order valence-electron chi connectivity index (χ2n) is 7.04. The zero-order chi connectivity index (χ0) is 18.9. The van der Waals surface area contributed by atoms with E-state index in [1.165, 1.54) is 30.4 Å². The fourth-order valence-corrected chi connectivity index (χ4v) is 3.38. The highest BCUT2D eigenvalue weighted by Gasteiger charge is 2.12. The Bertz CT molecular complexity index is 729. The van der Waals surface area contributed by atoms with Crippen LogP contribution in [0.2, 0.25) is 0 Å². The first-order valence-corrected chi connectivity index (χ1v) is 10.1. The Kier molecular flexibility index (Phi) is 9.54. The molecule has 1 aliphatic rings. The summed E-state index contributed by atoms with van der Waals surface area (Å²) in [7, 11) is 0. The number of benzene rings is 1. The SMILES string of the molecule is CCNC(=NCc1ccnc(N2CCCCC2)c1)NC(C)c1ccccc1.I. The first-order chi connectivity index (χ1) is 13.3. The number of hydrogen-bond donors (Lipinski definition) is 2. The Labute approximate surface area is 186 Å². The molecule has 2 N–H and O–H groups in total. The molecule has 0 saturated carbocycles. The van der Waals surface area contributed by atoms with Crippen molar-refractivity contribution in [2.45, 2.75) is 45.7 Å². The van der Waals surface area contributed by atoms with Crippen LogP contribution in [0.25, 0.3) is 0 Å². The predicted octanol–water partition coefficient (Wildman–Crippen LogP) is 4.51. The summed E-state index contributed by atoms with van der Waals surface area (Å²) in [5.41, 5.74) is 2.44. The van der Waals surface area contributed by atoms with Crippen LogP contribution < -0.4 is 15.5 Å². The minimum atomic E-state index is 0. The molecule has 0 radical (unpaired) electrons. The van der Waals surface area contributed by atoms with E-state index in [9.17, 15) is 0 Å². The first kappa shape index (κ1) is 22.5. The molecule has 6 heteroatoms. The molecular formula is C22H32IN5. The van der Waals surface area contributed by atoms with Crippen LogP contribution in [0.3, 0.4) is 0 Å². The van der Waals surface area contributed by atoms with Crippen molar-refractivity contribution in [3.8, 4) is 0 Å². The van der Waals surface area contributed by atoms with E-state index >= 15 is 0 Å². The summed E-state index contributed by atoms with van der Waals surface area (Å²) in [5, 5.41) is 6.84. The van der Waals surface area contributed by atoms with Gasteiger partial charge in [0.1, 0.15) is 5.82 Å². The summed E-state index contributed by atoms with van der Waals surface area (Å²) < 4.78 is 0. The van der Waals surface area contributed by atoms with E-state index in [4.69, 9.17) is 4.99 Å². The highest BCUT2D eigenvalue weighted by atomic mass is 127. The van der Waals surface area contributed by atoms with Crippen molar-refractivity contribution < 1.29 is 0 Å². The molecule has 152 valence electrons. The lowest BCUT2D eigenvalue weighted by Crippen LogP contribution is -2.38. The van der Waals surface area contributed by atoms with Crippen LogP contribution in [0.4, 0.5) is 5.82 Å². The Morgan fingerprint density at radius 3 is 2.61 bits per heavy atom. The summed E-state index contributed by atoms with van der Waals surface area (Å²) in [5.74, 6) is 1.92. The third-order valence-electron chi connectivity index (χ3n) is 4.91. The van der Waals surface area contributed by atoms with Crippen LogP contribution in [0.5, 0.6) is 0 Å². The maximum atomic E-state index is 4.78. The normalized spacial score (nSPS) is 15.5. The number of guanidine groups is 1. The molecule has 1 aromatic carbocycles. The summed E-state index contributed by atoms with van der Waals surface area (Å²) in [4.78, 5) is 11.7. The minimum absolute atomic E-state index is 0. The molecule has 0 spiro atoms. The molecule has 0 bridgehead atoms. The molecule has 1 fully saturated rings. The number of rotatable bonds is 6. The molecule has 1 unspecified atom stereocenters. The van der Waals surface area contributed by atoms with Gasteiger partial charge < -0.3 is 15.5 Å². The smallest absolute Gasteiger partial charge is 0.192 e. The second kappa shape index (κ2) is 11.9. The van der Waals surface area contributed by atoms with Gasteiger partial charge in [-0.2, -0.15) is 0 Å². The maximum absolute atomic E-state index is 4.78. The van der Waals surface area contributed by atoms with Crippen molar-refractivity contribution >= 4 is 35.8 Å². The summed E-state index contributed by atoms with van der Waals surface area (Å²) in [6.07, 6.45) is 5.76. The van der Waals surface area contributed by atoms with Crippen molar-refractivity contribution in [2.24, 2.45) is 4.99 Å². The number of halogens is 1. The van der Waals surface area contributed by atoms with E-state index in [0.717, 1.165) is 31.4 Å². The van der Waals surface area contributed by atoms with Crippen LogP contribution in [0, 0.1) is 0 Å². The molecule has 1 aromatic heterocycles. The number of piperidine rings is 1. The molecule has 1 aliphatic heterocycles. The van der Waals surface area contributed by atoms with Gasteiger partial charge in [0.05, 0.1) is 12.6 Å². The van der Waals surface area contributed by atoms with Gasteiger partial charge in [0.15, 0.2) is 5.96 Å². The van der Waals surface area contributed by atoms with Gasteiger partial charge in [0, 0.05) is 25.8 Å². The molecule has 2 aromatic rings. The minimum Gasteiger partial charge on any atom is -0.357 e. The van der Waals surface area contributed by atoms with E-state index in [1.54, 1.807) is 0 Å². The standard InChI is InChI=1S/C22H31N5.HI/c1-3-23-22(26-18(2)20-10-6-4-7-11-20)25-17-19-12-13-24-21(16-19)27-14-8-5-9-15-27;/h4,6-7,10-13,16,18H,3,5,8-9,14-15,17H2,1-2H3,(H2,23,25,26);1H. The summed E-state index contributed by atoms with van der Waals surface area (Å²) in [6.45, 7) is 7.94. The van der Waals surface area contributed by atoms with Gasteiger partial charge in [-0.05, 0) is 56.4 Å². The topological polar surface area (TPSA) is 52.6 Å². The largest absolute Gasteiger partial charge is 0.357 e. The lowest BCUT2D eigenvalue weighted by atomic mass is 10.1. The third kappa shape index (κ3) is 6.65. The Morgan fingerprint density at radius 1 is 1.14 bits per heavy atom. The van der Waals surface area contributed by atoms with E-state index in [-0.39, 0.29) is 30.0 Å². The molecule has 3 rings (SSSR count). The highest BCUT2D eigenvalue weighted by molar-refractivity contribution is 14.0. The highest BCUT2D eigenvalue weighted by Crippen LogP contribution is 2.18. The number of nitrogens with zero attached hydrogens (tertiary/aromatic N) is 3. The Morgan fingerprint density at radius 2 is 1.89 bits per heavy atom. The Hall–Kier alpha value is -1.83. The monoisotopic (exact) mass is 493 g/mol. The van der Waals surface area contributed by atoms with E-state index in [1.807, 2.05) is 12.3 Å². The van der Waals surface area contributed by atoms with Crippen molar-refractivity contribution in [1.82, 2.24) is 15.6 Å². The van der Waals surface area contributed by atoms with Gasteiger partial charge in [0.2, 0.25) is 0 Å². The number of anilines is 1. The van der Waals surface area contributed by atoms with E-state index in [2.05, 4.69) is 70.8 Å². The van der Waals surface area contributed by atoms with E-state index in [0.29, 0.717) is 6.54 Å². The van der Waals surface area contributed by atoms with Gasteiger partial charge in [-0.15, -0.1) is 24.0 Å². The number of nitrogens with one attached hydrogen (secondary N) is 2. The summed E-state index contributed by atoms with van der Waals surface area (Å²) >= 11 is 0. The molecule has 28 heavy (non-hydrogen) atoms. The zero-order valence-electron chi connectivity index (χ0n) is 16.9. The van der Waals surface area contributed by atoms with Gasteiger partial charge >= 0.3 is 0 Å². The number of pyridine rings is 1. The molecular weight excluding hydrogens is 461 g/mol. The maximum Gasteiger partial charge on any atom is 0.192 e. The second-order valence-corrected chi connectivity index (χ2v) is 7.04.